The Hall–Kier alpha value is -3.60. The summed E-state index contributed by atoms with van der Waals surface area (Å²) in [6.07, 6.45) is -3.69. The number of ketones is 2. The van der Waals surface area contributed by atoms with Crippen LogP contribution in [0, 0.1) is 0 Å². The molecule has 0 amide bonds. The zero-order chi connectivity index (χ0) is 28.9. The van der Waals surface area contributed by atoms with E-state index in [1.165, 1.54) is 12.1 Å². The minimum Gasteiger partial charge on any atom is -0.504 e. The minimum atomic E-state index is -1.73. The van der Waals surface area contributed by atoms with Crippen molar-refractivity contribution in [3.63, 3.8) is 0 Å². The number of fused-ring (bicyclic) bond motifs is 2. The van der Waals surface area contributed by atoms with Crippen LogP contribution in [0.25, 0.3) is 0 Å². The molecule has 6 rings (SSSR count). The summed E-state index contributed by atoms with van der Waals surface area (Å²) in [6, 6.07) is 18.0. The molecular formula is C32H32O9. The van der Waals surface area contributed by atoms with E-state index in [0.29, 0.717) is 12.0 Å². The molecule has 5 N–H and O–H groups in total. The van der Waals surface area contributed by atoms with Crippen LogP contribution in [0.2, 0.25) is 0 Å². The van der Waals surface area contributed by atoms with Crippen molar-refractivity contribution in [2.24, 2.45) is 0 Å². The number of ether oxygens (including phenoxy) is 2. The highest BCUT2D eigenvalue weighted by atomic mass is 16.7. The predicted molar refractivity (Wildman–Crippen MR) is 146 cm³/mol. The van der Waals surface area contributed by atoms with E-state index in [4.69, 9.17) is 9.47 Å². The van der Waals surface area contributed by atoms with Crippen LogP contribution < -0.4 is 4.74 Å². The number of carbonyl (C=O) groups excluding carboxylic acids is 2. The summed E-state index contributed by atoms with van der Waals surface area (Å²) in [5.41, 5.74) is 1.67. The standard InChI is InChI=1S/C32H32O9/c33-16-22-28(37)29(38)30(39)31(41-22)40-21-14-17(15-32(12-6-7-13-32)18-8-2-1-3-9-18)23-24(27(21)36)26(35)20-11-5-4-10-19(20)25(23)34/h1-5,8-11,14,22,28-31,33,36-39H,6-7,12-13,15-16H2. The summed E-state index contributed by atoms with van der Waals surface area (Å²) in [4.78, 5) is 27.7. The molecule has 0 aromatic heterocycles. The van der Waals surface area contributed by atoms with Crippen molar-refractivity contribution in [1.82, 2.24) is 0 Å². The lowest BCUT2D eigenvalue weighted by Gasteiger charge is -2.39. The quantitative estimate of drug-likeness (QED) is 0.239. The van der Waals surface area contributed by atoms with Crippen LogP contribution in [0.5, 0.6) is 11.5 Å². The molecule has 41 heavy (non-hydrogen) atoms. The molecule has 2 aliphatic carbocycles. The Kier molecular flexibility index (Phi) is 7.17. The number of aliphatic hydroxyl groups is 4. The predicted octanol–water partition coefficient (Wildman–Crippen LogP) is 2.40. The molecular weight excluding hydrogens is 528 g/mol. The van der Waals surface area contributed by atoms with Gasteiger partial charge in [0.1, 0.15) is 24.4 Å². The summed E-state index contributed by atoms with van der Waals surface area (Å²) in [6.45, 7) is -0.657. The molecule has 0 bridgehead atoms. The van der Waals surface area contributed by atoms with E-state index in [1.807, 2.05) is 18.2 Å². The highest BCUT2D eigenvalue weighted by Crippen LogP contribution is 2.48. The fourth-order valence-electron chi connectivity index (χ4n) is 6.62. The molecule has 2 fully saturated rings. The average Bonchev–Trinajstić information content (AvgIpc) is 3.47. The molecule has 1 saturated heterocycles. The van der Waals surface area contributed by atoms with Crippen LogP contribution in [0.4, 0.5) is 0 Å². The normalized spacial score (nSPS) is 26.9. The lowest BCUT2D eigenvalue weighted by Crippen LogP contribution is -2.60. The van der Waals surface area contributed by atoms with Crippen LogP contribution in [0.1, 0.15) is 68.7 Å². The number of phenolic OH excluding ortho intramolecular Hbond substituents is 1. The maximum atomic E-state index is 13.9. The van der Waals surface area contributed by atoms with E-state index in [-0.39, 0.29) is 39.2 Å². The van der Waals surface area contributed by atoms with E-state index in [1.54, 1.807) is 18.2 Å². The first-order chi connectivity index (χ1) is 19.8. The van der Waals surface area contributed by atoms with Crippen molar-refractivity contribution in [2.45, 2.75) is 68.2 Å². The number of hydrogen-bond acceptors (Lipinski definition) is 9. The molecule has 1 heterocycles. The van der Waals surface area contributed by atoms with Gasteiger partial charge in [0.15, 0.2) is 23.1 Å². The monoisotopic (exact) mass is 560 g/mol. The molecule has 0 radical (unpaired) electrons. The number of aliphatic hydroxyl groups excluding tert-OH is 4. The molecule has 9 heteroatoms. The van der Waals surface area contributed by atoms with E-state index in [9.17, 15) is 35.1 Å². The van der Waals surface area contributed by atoms with Gasteiger partial charge in [0, 0.05) is 16.7 Å². The first-order valence-electron chi connectivity index (χ1n) is 13.9. The van der Waals surface area contributed by atoms with Gasteiger partial charge in [-0.15, -0.1) is 0 Å². The van der Waals surface area contributed by atoms with Gasteiger partial charge in [0.25, 0.3) is 0 Å². The van der Waals surface area contributed by atoms with Crippen LogP contribution >= 0.6 is 0 Å². The third-order valence-corrected chi connectivity index (χ3v) is 8.78. The maximum Gasteiger partial charge on any atom is 0.229 e. The van der Waals surface area contributed by atoms with Crippen molar-refractivity contribution in [3.05, 3.63) is 94.0 Å². The number of benzene rings is 3. The fourth-order valence-corrected chi connectivity index (χ4v) is 6.62. The molecule has 5 unspecified atom stereocenters. The number of aromatic hydroxyl groups is 1. The molecule has 9 nitrogen and oxygen atoms in total. The molecule has 1 aliphatic heterocycles. The van der Waals surface area contributed by atoms with Gasteiger partial charge in [0.2, 0.25) is 6.29 Å². The summed E-state index contributed by atoms with van der Waals surface area (Å²) < 4.78 is 11.4. The van der Waals surface area contributed by atoms with E-state index < -0.39 is 48.8 Å². The Morgan fingerprint density at radius 3 is 2.07 bits per heavy atom. The number of phenols is 1. The number of hydrogen-bond donors (Lipinski definition) is 5. The summed E-state index contributed by atoms with van der Waals surface area (Å²) in [5, 5.41) is 52.0. The minimum absolute atomic E-state index is 0.120. The van der Waals surface area contributed by atoms with Gasteiger partial charge in [-0.05, 0) is 41.9 Å². The Balaban J connectivity index is 1.49. The molecule has 5 atom stereocenters. The molecule has 0 spiro atoms. The first-order valence-corrected chi connectivity index (χ1v) is 13.9. The van der Waals surface area contributed by atoms with Crippen LogP contribution in [0.15, 0.2) is 60.7 Å². The van der Waals surface area contributed by atoms with E-state index >= 15 is 0 Å². The topological polar surface area (TPSA) is 154 Å². The van der Waals surface area contributed by atoms with Gasteiger partial charge in [-0.1, -0.05) is 67.4 Å². The zero-order valence-corrected chi connectivity index (χ0v) is 22.3. The van der Waals surface area contributed by atoms with Gasteiger partial charge < -0.3 is 35.0 Å². The smallest absolute Gasteiger partial charge is 0.229 e. The molecule has 1 saturated carbocycles. The number of rotatable bonds is 6. The van der Waals surface area contributed by atoms with Crippen LogP contribution in [-0.4, -0.2) is 74.4 Å². The van der Waals surface area contributed by atoms with Gasteiger partial charge in [-0.2, -0.15) is 0 Å². The fraction of sp³-hybridized carbons (Fsp3) is 0.375. The van der Waals surface area contributed by atoms with Gasteiger partial charge in [0.05, 0.1) is 12.2 Å². The third kappa shape index (κ3) is 4.54. The second kappa shape index (κ2) is 10.7. The average molecular weight is 561 g/mol. The van der Waals surface area contributed by atoms with Crippen LogP contribution in [0.3, 0.4) is 0 Å². The van der Waals surface area contributed by atoms with Gasteiger partial charge in [-0.3, -0.25) is 9.59 Å². The van der Waals surface area contributed by atoms with Gasteiger partial charge in [-0.25, -0.2) is 0 Å². The summed E-state index contributed by atoms with van der Waals surface area (Å²) in [5.74, 6) is -1.71. The molecule has 3 aromatic rings. The van der Waals surface area contributed by atoms with E-state index in [2.05, 4.69) is 12.1 Å². The summed E-state index contributed by atoms with van der Waals surface area (Å²) >= 11 is 0. The Labute approximate surface area is 236 Å². The highest BCUT2D eigenvalue weighted by Gasteiger charge is 2.46. The Morgan fingerprint density at radius 2 is 1.44 bits per heavy atom. The Morgan fingerprint density at radius 1 is 0.829 bits per heavy atom. The van der Waals surface area contributed by atoms with Crippen molar-refractivity contribution in [1.29, 1.82) is 0 Å². The molecule has 3 aromatic carbocycles. The lowest BCUT2D eigenvalue weighted by molar-refractivity contribution is -0.277. The maximum absolute atomic E-state index is 13.9. The zero-order valence-electron chi connectivity index (χ0n) is 22.3. The van der Waals surface area contributed by atoms with Crippen molar-refractivity contribution in [2.75, 3.05) is 6.61 Å². The molecule has 3 aliphatic rings. The SMILES string of the molecule is O=C1c2ccccc2C(=O)c2c(O)c(OC3OC(CO)C(O)C(O)C3O)cc(CC3(c4ccccc4)CCCC3)c21. The molecule has 214 valence electrons. The number of carbonyl (C=O) groups is 2. The van der Waals surface area contributed by atoms with Crippen molar-refractivity contribution >= 4 is 11.6 Å². The first kappa shape index (κ1) is 27.6. The van der Waals surface area contributed by atoms with Gasteiger partial charge >= 0.3 is 0 Å². The van der Waals surface area contributed by atoms with E-state index in [0.717, 1.165) is 31.2 Å². The highest BCUT2D eigenvalue weighted by molar-refractivity contribution is 6.30. The largest absolute Gasteiger partial charge is 0.504 e. The summed E-state index contributed by atoms with van der Waals surface area (Å²) in [7, 11) is 0. The second-order valence-electron chi connectivity index (χ2n) is 11.2. The van der Waals surface area contributed by atoms with Crippen molar-refractivity contribution in [3.8, 4) is 11.5 Å². The Bertz CT molecular complexity index is 1480. The van der Waals surface area contributed by atoms with Crippen molar-refractivity contribution < 1.29 is 44.6 Å². The second-order valence-corrected chi connectivity index (χ2v) is 11.2. The lowest BCUT2D eigenvalue weighted by atomic mass is 9.71. The third-order valence-electron chi connectivity index (χ3n) is 8.78. The van der Waals surface area contributed by atoms with Crippen LogP contribution in [-0.2, 0) is 16.6 Å².